The molecule has 0 saturated carbocycles. The molecule has 0 saturated heterocycles. The highest BCUT2D eigenvalue weighted by Gasteiger charge is 2.34. The van der Waals surface area contributed by atoms with Gasteiger partial charge in [-0.15, -0.1) is 0 Å². The van der Waals surface area contributed by atoms with Crippen molar-refractivity contribution in [2.75, 3.05) is 27.7 Å². The molecule has 0 radical (unpaired) electrons. The Bertz CT molecular complexity index is 618. The number of aliphatic hydroxyl groups excluding tert-OH is 2. The molecule has 0 heterocycles. The van der Waals surface area contributed by atoms with E-state index >= 15 is 0 Å². The molecule has 1 aromatic rings. The summed E-state index contributed by atoms with van der Waals surface area (Å²) in [6.07, 6.45) is -3.84. The van der Waals surface area contributed by atoms with E-state index in [0.29, 0.717) is 6.42 Å². The summed E-state index contributed by atoms with van der Waals surface area (Å²) in [5.74, 6) is -2.59. The SMILES string of the molecule is CC[C@](O)(c1cccc(OC)c1)[C@H](C)CN(C)C.O=C(O)[C@H](O)[C@@H](O)C(=O)O. The highest BCUT2D eigenvalue weighted by molar-refractivity contribution is 5.83. The normalized spacial score (nSPS) is 16.2. The number of hydrogen-bond acceptors (Lipinski definition) is 7. The van der Waals surface area contributed by atoms with Crippen molar-refractivity contribution in [1.82, 2.24) is 4.90 Å². The van der Waals surface area contributed by atoms with Crippen LogP contribution in [0.5, 0.6) is 5.75 Å². The lowest BCUT2D eigenvalue weighted by atomic mass is 9.80. The highest BCUT2D eigenvalue weighted by Crippen LogP contribution is 2.34. The van der Waals surface area contributed by atoms with E-state index < -0.39 is 29.7 Å². The average molecular weight is 401 g/mol. The molecule has 0 aromatic heterocycles. The number of ether oxygens (including phenoxy) is 1. The Balaban J connectivity index is 0.000000621. The molecular weight excluding hydrogens is 370 g/mol. The Morgan fingerprint density at radius 1 is 1.14 bits per heavy atom. The summed E-state index contributed by atoms with van der Waals surface area (Å²) in [5.41, 5.74) is 0.123. The van der Waals surface area contributed by atoms with E-state index in [1.165, 1.54) is 0 Å². The van der Waals surface area contributed by atoms with Crippen molar-refractivity contribution in [2.24, 2.45) is 5.92 Å². The first-order valence-electron chi connectivity index (χ1n) is 8.74. The van der Waals surface area contributed by atoms with E-state index in [4.69, 9.17) is 25.2 Å². The minimum absolute atomic E-state index is 0.157. The van der Waals surface area contributed by atoms with Crippen LogP contribution >= 0.6 is 0 Å². The molecular formula is C19H31NO8. The second-order valence-corrected chi connectivity index (χ2v) is 6.74. The van der Waals surface area contributed by atoms with E-state index in [2.05, 4.69) is 11.8 Å². The van der Waals surface area contributed by atoms with E-state index in [1.54, 1.807) is 7.11 Å². The molecule has 0 amide bonds. The number of hydrogen-bond donors (Lipinski definition) is 5. The molecule has 0 aliphatic carbocycles. The van der Waals surface area contributed by atoms with Gasteiger partial charge in [-0.1, -0.05) is 26.0 Å². The van der Waals surface area contributed by atoms with Crippen molar-refractivity contribution < 1.29 is 39.9 Å². The third-order valence-electron chi connectivity index (χ3n) is 4.37. The fraction of sp³-hybridized carbons (Fsp3) is 0.579. The Labute approximate surface area is 164 Å². The van der Waals surface area contributed by atoms with Crippen LogP contribution in [0, 0.1) is 5.92 Å². The Hall–Kier alpha value is -2.20. The van der Waals surface area contributed by atoms with Gasteiger partial charge >= 0.3 is 11.9 Å². The lowest BCUT2D eigenvalue weighted by molar-refractivity contribution is -0.165. The van der Waals surface area contributed by atoms with Gasteiger partial charge in [-0.05, 0) is 38.2 Å². The summed E-state index contributed by atoms with van der Waals surface area (Å²) in [7, 11) is 5.70. The average Bonchev–Trinajstić information content (AvgIpc) is 2.65. The van der Waals surface area contributed by atoms with Gasteiger partial charge in [0.05, 0.1) is 12.7 Å². The molecule has 0 unspecified atom stereocenters. The second-order valence-electron chi connectivity index (χ2n) is 6.74. The van der Waals surface area contributed by atoms with Crippen LogP contribution in [-0.4, -0.2) is 82.3 Å². The molecule has 1 rings (SSSR count). The maximum Gasteiger partial charge on any atom is 0.335 e. The third-order valence-corrected chi connectivity index (χ3v) is 4.37. The largest absolute Gasteiger partial charge is 0.497 e. The van der Waals surface area contributed by atoms with Crippen molar-refractivity contribution >= 4 is 11.9 Å². The van der Waals surface area contributed by atoms with E-state index in [-0.39, 0.29) is 5.92 Å². The maximum absolute atomic E-state index is 10.9. The Kier molecular flexibility index (Phi) is 10.7. The first-order valence-corrected chi connectivity index (χ1v) is 8.74. The fourth-order valence-electron chi connectivity index (χ4n) is 2.70. The highest BCUT2D eigenvalue weighted by atomic mass is 16.5. The number of aliphatic carboxylic acids is 2. The third kappa shape index (κ3) is 7.43. The second kappa shape index (κ2) is 11.6. The van der Waals surface area contributed by atoms with Crippen molar-refractivity contribution in [3.05, 3.63) is 29.8 Å². The molecule has 28 heavy (non-hydrogen) atoms. The molecule has 9 heteroatoms. The summed E-state index contributed by atoms with van der Waals surface area (Å²) >= 11 is 0. The first-order chi connectivity index (χ1) is 12.9. The van der Waals surface area contributed by atoms with Crippen molar-refractivity contribution in [2.45, 2.75) is 38.1 Å². The molecule has 5 N–H and O–H groups in total. The number of benzene rings is 1. The summed E-state index contributed by atoms with van der Waals surface area (Å²) in [6, 6.07) is 7.72. The molecule has 0 spiro atoms. The van der Waals surface area contributed by atoms with Gasteiger partial charge in [-0.25, -0.2) is 9.59 Å². The zero-order valence-electron chi connectivity index (χ0n) is 16.9. The van der Waals surface area contributed by atoms with Gasteiger partial charge in [0, 0.05) is 12.5 Å². The van der Waals surface area contributed by atoms with Crippen LogP contribution in [0.3, 0.4) is 0 Å². The van der Waals surface area contributed by atoms with Crippen molar-refractivity contribution in [3.8, 4) is 5.75 Å². The van der Waals surface area contributed by atoms with Crippen LogP contribution in [0.1, 0.15) is 25.8 Å². The molecule has 0 bridgehead atoms. The van der Waals surface area contributed by atoms with Gasteiger partial charge in [-0.3, -0.25) is 0 Å². The lowest BCUT2D eigenvalue weighted by Gasteiger charge is -2.35. The molecule has 0 fully saturated rings. The van der Waals surface area contributed by atoms with Gasteiger partial charge in [-0.2, -0.15) is 0 Å². The van der Waals surface area contributed by atoms with E-state index in [0.717, 1.165) is 17.9 Å². The number of carboxylic acids is 2. The number of carboxylic acid groups (broad SMARTS) is 2. The van der Waals surface area contributed by atoms with Crippen LogP contribution in [0.2, 0.25) is 0 Å². The monoisotopic (exact) mass is 401 g/mol. The minimum atomic E-state index is -2.27. The van der Waals surface area contributed by atoms with Gasteiger partial charge in [0.1, 0.15) is 5.75 Å². The van der Waals surface area contributed by atoms with E-state index in [9.17, 15) is 14.7 Å². The van der Waals surface area contributed by atoms with Crippen molar-refractivity contribution in [3.63, 3.8) is 0 Å². The maximum atomic E-state index is 10.9. The zero-order valence-corrected chi connectivity index (χ0v) is 16.9. The number of aliphatic hydroxyl groups is 3. The van der Waals surface area contributed by atoms with Crippen molar-refractivity contribution in [1.29, 1.82) is 0 Å². The topological polar surface area (TPSA) is 148 Å². The summed E-state index contributed by atoms with van der Waals surface area (Å²) < 4.78 is 5.23. The predicted molar refractivity (Wildman–Crippen MR) is 102 cm³/mol. The number of nitrogens with zero attached hydrogens (tertiary/aromatic N) is 1. The van der Waals surface area contributed by atoms with E-state index in [1.807, 2.05) is 45.3 Å². The molecule has 9 nitrogen and oxygen atoms in total. The number of rotatable bonds is 9. The Morgan fingerprint density at radius 2 is 1.64 bits per heavy atom. The van der Waals surface area contributed by atoms with Crippen LogP contribution in [0.4, 0.5) is 0 Å². The molecule has 0 aliphatic rings. The molecule has 0 aliphatic heterocycles. The van der Waals surface area contributed by atoms with Crippen LogP contribution in [0.25, 0.3) is 0 Å². The van der Waals surface area contributed by atoms with Crippen LogP contribution < -0.4 is 4.74 Å². The number of methoxy groups -OCH3 is 1. The Morgan fingerprint density at radius 3 is 2.00 bits per heavy atom. The fourth-order valence-corrected chi connectivity index (χ4v) is 2.70. The summed E-state index contributed by atoms with van der Waals surface area (Å²) in [4.78, 5) is 21.6. The summed E-state index contributed by atoms with van der Waals surface area (Å²) in [6.45, 7) is 4.95. The standard InChI is InChI=1S/C15H25NO2.C4H6O6/c1-6-15(17,12(2)11-16(3)4)13-8-7-9-14(10-13)18-5;5-1(3(7)8)2(6)4(9)10/h7-10,12,17H,6,11H2,1-5H3;1-2,5-6H,(H,7,8)(H,9,10)/t12-,15-;1-,2-/m11/s1. The predicted octanol–water partition coefficient (Wildman–Crippen LogP) is 0.368. The lowest BCUT2D eigenvalue weighted by Crippen LogP contribution is -2.39. The minimum Gasteiger partial charge on any atom is -0.497 e. The smallest absolute Gasteiger partial charge is 0.335 e. The van der Waals surface area contributed by atoms with Gasteiger partial charge in [0.2, 0.25) is 0 Å². The van der Waals surface area contributed by atoms with Gasteiger partial charge < -0.3 is 35.2 Å². The molecule has 1 aromatic carbocycles. The molecule has 4 atom stereocenters. The van der Waals surface area contributed by atoms with Gasteiger partial charge in [0.25, 0.3) is 0 Å². The first kappa shape index (κ1) is 25.8. The van der Waals surface area contributed by atoms with Crippen LogP contribution in [0.15, 0.2) is 24.3 Å². The van der Waals surface area contributed by atoms with Gasteiger partial charge in [0.15, 0.2) is 12.2 Å². The molecule has 160 valence electrons. The zero-order chi connectivity index (χ0) is 22.1. The summed E-state index contributed by atoms with van der Waals surface area (Å²) in [5, 5.41) is 43.5. The number of carbonyl (C=O) groups is 2. The quantitative estimate of drug-likeness (QED) is 0.396. The van der Waals surface area contributed by atoms with Crippen LogP contribution in [-0.2, 0) is 15.2 Å².